The van der Waals surface area contributed by atoms with Crippen LogP contribution in [0.1, 0.15) is 55.8 Å². The first kappa shape index (κ1) is 45.9. The van der Waals surface area contributed by atoms with Crippen LogP contribution in [0.5, 0.6) is 0 Å². The predicted octanol–water partition coefficient (Wildman–Crippen LogP) is 6.96. The van der Waals surface area contributed by atoms with E-state index in [1.807, 2.05) is 48.5 Å². The highest BCUT2D eigenvalue weighted by molar-refractivity contribution is 6.30. The third-order valence-corrected chi connectivity index (χ3v) is 10.1. The van der Waals surface area contributed by atoms with Gasteiger partial charge in [-0.3, -0.25) is 29.0 Å². The lowest BCUT2D eigenvalue weighted by atomic mass is 10.1. The van der Waals surface area contributed by atoms with Gasteiger partial charge in [-0.1, -0.05) is 59.6 Å². The lowest BCUT2D eigenvalue weighted by Crippen LogP contribution is -2.43. The molecule has 2 fully saturated rings. The number of halogens is 8. The molecule has 0 aliphatic carbocycles. The summed E-state index contributed by atoms with van der Waals surface area (Å²) in [6, 6.07) is 23.2. The molecule has 18 heteroatoms. The number of rotatable bonds is 12. The third-order valence-electron chi connectivity index (χ3n) is 9.64. The van der Waals surface area contributed by atoms with Gasteiger partial charge in [0.2, 0.25) is 11.8 Å². The van der Waals surface area contributed by atoms with E-state index >= 15 is 0 Å². The Labute approximate surface area is 352 Å². The Morgan fingerprint density at radius 1 is 0.567 bits per heavy atom. The molecule has 320 valence electrons. The summed E-state index contributed by atoms with van der Waals surface area (Å²) in [5.74, 6) is -2.22. The van der Waals surface area contributed by atoms with Crippen molar-refractivity contribution in [2.24, 2.45) is 0 Å². The van der Waals surface area contributed by atoms with E-state index in [1.54, 1.807) is 0 Å². The molecule has 2 atom stereocenters. The van der Waals surface area contributed by atoms with Gasteiger partial charge in [0, 0.05) is 72.5 Å². The van der Waals surface area contributed by atoms with E-state index in [0.29, 0.717) is 23.1 Å². The normalized spacial score (nSPS) is 17.0. The lowest BCUT2D eigenvalue weighted by Gasteiger charge is -2.17. The van der Waals surface area contributed by atoms with Crippen molar-refractivity contribution in [3.63, 3.8) is 0 Å². The molecular weight excluding hydrogens is 837 g/mol. The van der Waals surface area contributed by atoms with E-state index in [-0.39, 0.29) is 48.1 Å². The summed E-state index contributed by atoms with van der Waals surface area (Å²) in [5.41, 5.74) is 0.136. The van der Waals surface area contributed by atoms with Gasteiger partial charge in [-0.15, -0.1) is 0 Å². The number of alkyl halides is 6. The summed E-state index contributed by atoms with van der Waals surface area (Å²) >= 11 is 11.8. The van der Waals surface area contributed by atoms with Crippen molar-refractivity contribution in [2.75, 3.05) is 39.3 Å². The Kier molecular flexibility index (Phi) is 16.0. The zero-order chi connectivity index (χ0) is 43.5. The Hall–Kier alpha value is -5.16. The Balaban J connectivity index is 0.000000228. The van der Waals surface area contributed by atoms with Crippen LogP contribution < -0.4 is 21.3 Å². The number of nitrogens with zero attached hydrogens (tertiary/aromatic N) is 2. The Morgan fingerprint density at radius 2 is 0.933 bits per heavy atom. The van der Waals surface area contributed by atoms with Gasteiger partial charge in [0.15, 0.2) is 0 Å². The minimum atomic E-state index is -4.53. The minimum absolute atomic E-state index is 0.0461. The second kappa shape index (κ2) is 20.9. The number of hydrogen-bond acceptors (Lipinski definition) is 6. The van der Waals surface area contributed by atoms with Crippen molar-refractivity contribution in [3.8, 4) is 0 Å². The summed E-state index contributed by atoms with van der Waals surface area (Å²) in [5, 5.41) is 11.8. The van der Waals surface area contributed by atoms with Crippen molar-refractivity contribution < 1.29 is 45.5 Å². The van der Waals surface area contributed by atoms with Crippen molar-refractivity contribution in [3.05, 3.63) is 140 Å². The second-order valence-electron chi connectivity index (χ2n) is 14.4. The smallest absolute Gasteiger partial charge is 0.350 e. The average molecular weight is 880 g/mol. The Morgan fingerprint density at radius 3 is 1.28 bits per heavy atom. The molecule has 4 aromatic carbocycles. The first-order valence-corrected chi connectivity index (χ1v) is 19.6. The highest BCUT2D eigenvalue weighted by atomic mass is 35.5. The molecule has 10 nitrogen and oxygen atoms in total. The summed E-state index contributed by atoms with van der Waals surface area (Å²) in [6.07, 6.45) is -7.51. The molecule has 2 aliphatic heterocycles. The molecule has 0 radical (unpaired) electrons. The van der Waals surface area contributed by atoms with E-state index < -0.39 is 35.3 Å². The van der Waals surface area contributed by atoms with Gasteiger partial charge in [-0.2, -0.15) is 26.3 Å². The summed E-state index contributed by atoms with van der Waals surface area (Å²) in [7, 11) is 0. The Bertz CT molecular complexity index is 1960. The van der Waals surface area contributed by atoms with Crippen molar-refractivity contribution in [2.45, 2.75) is 50.4 Å². The quantitative estimate of drug-likeness (QED) is 0.114. The number of benzene rings is 4. The summed E-state index contributed by atoms with van der Waals surface area (Å²) in [6.45, 7) is 3.89. The van der Waals surface area contributed by atoms with Crippen LogP contribution in [0.25, 0.3) is 0 Å². The molecule has 4 amide bonds. The number of likely N-dealkylation sites (tertiary alicyclic amines) is 2. The average Bonchev–Trinajstić information content (AvgIpc) is 3.85. The van der Waals surface area contributed by atoms with Crippen LogP contribution >= 0.6 is 23.2 Å². The predicted molar refractivity (Wildman–Crippen MR) is 214 cm³/mol. The van der Waals surface area contributed by atoms with Gasteiger partial charge in [0.25, 0.3) is 11.8 Å². The van der Waals surface area contributed by atoms with Crippen LogP contribution in [-0.2, 0) is 35.0 Å². The molecular formula is C42H42Cl2F6N6O4. The lowest BCUT2D eigenvalue weighted by molar-refractivity contribution is -0.138. The van der Waals surface area contributed by atoms with Gasteiger partial charge in [-0.25, -0.2) is 0 Å². The topological polar surface area (TPSA) is 123 Å². The van der Waals surface area contributed by atoms with Crippen LogP contribution in [0, 0.1) is 0 Å². The fourth-order valence-electron chi connectivity index (χ4n) is 6.64. The highest BCUT2D eigenvalue weighted by Gasteiger charge is 2.32. The van der Waals surface area contributed by atoms with E-state index in [9.17, 15) is 45.5 Å². The molecule has 0 saturated carbocycles. The van der Waals surface area contributed by atoms with E-state index in [0.717, 1.165) is 86.5 Å². The second-order valence-corrected chi connectivity index (χ2v) is 15.2. The number of carbonyl (C=O) groups is 4. The van der Waals surface area contributed by atoms with Gasteiger partial charge in [0.05, 0.1) is 24.2 Å². The molecule has 0 unspecified atom stereocenters. The fourth-order valence-corrected chi connectivity index (χ4v) is 6.89. The number of nitrogens with one attached hydrogen (secondary N) is 4. The maximum Gasteiger partial charge on any atom is 0.416 e. The van der Waals surface area contributed by atoms with Gasteiger partial charge >= 0.3 is 12.4 Å². The SMILES string of the molecule is O=C(CNC(=O)c1cccc(C(F)(F)F)c1)N[C@@H]1CCN(Cc2ccc(Cl)cc2)C1.O=C(CNC(=O)c1cccc(C(F)(F)F)c1)N[C@@H]1CCN(Cc2ccc(Cl)cc2)C1. The minimum Gasteiger partial charge on any atom is -0.350 e. The highest BCUT2D eigenvalue weighted by Crippen LogP contribution is 2.30. The molecule has 2 aliphatic rings. The van der Waals surface area contributed by atoms with Crippen LogP contribution in [-0.4, -0.2) is 84.8 Å². The molecule has 4 N–H and O–H groups in total. The summed E-state index contributed by atoms with van der Waals surface area (Å²) in [4.78, 5) is 52.8. The number of hydrogen-bond donors (Lipinski definition) is 4. The van der Waals surface area contributed by atoms with E-state index in [1.165, 1.54) is 12.1 Å². The van der Waals surface area contributed by atoms with Crippen molar-refractivity contribution in [1.29, 1.82) is 0 Å². The third kappa shape index (κ3) is 14.5. The van der Waals surface area contributed by atoms with Crippen LogP contribution in [0.4, 0.5) is 26.3 Å². The molecule has 0 bridgehead atoms. The van der Waals surface area contributed by atoms with E-state index in [4.69, 9.17) is 23.2 Å². The first-order chi connectivity index (χ1) is 28.4. The summed E-state index contributed by atoms with van der Waals surface area (Å²) < 4.78 is 76.5. The fraction of sp³-hybridized carbons (Fsp3) is 0.333. The number of amides is 4. The maximum atomic E-state index is 12.8. The molecule has 0 aromatic heterocycles. The standard InChI is InChI=1S/2C21H21ClF3N3O2/c2*22-17-6-4-14(5-7-17)12-28-9-8-18(13-28)27-19(29)11-26-20(30)15-2-1-3-16(10-15)21(23,24)25/h2*1-7,10,18H,8-9,11-13H2,(H,26,30)(H,27,29)/t2*18-/m11/s1. The molecule has 60 heavy (non-hydrogen) atoms. The monoisotopic (exact) mass is 878 g/mol. The van der Waals surface area contributed by atoms with E-state index in [2.05, 4.69) is 31.1 Å². The molecule has 6 rings (SSSR count). The van der Waals surface area contributed by atoms with Gasteiger partial charge in [-0.05, 0) is 84.6 Å². The number of carbonyl (C=O) groups excluding carboxylic acids is 4. The van der Waals surface area contributed by atoms with Crippen LogP contribution in [0.2, 0.25) is 10.0 Å². The maximum absolute atomic E-state index is 12.8. The zero-order valence-corrected chi connectivity index (χ0v) is 33.5. The molecule has 4 aromatic rings. The van der Waals surface area contributed by atoms with Crippen LogP contribution in [0.3, 0.4) is 0 Å². The largest absolute Gasteiger partial charge is 0.416 e. The molecule has 0 spiro atoms. The molecule has 2 heterocycles. The first-order valence-electron chi connectivity index (χ1n) is 18.8. The van der Waals surface area contributed by atoms with Gasteiger partial charge < -0.3 is 21.3 Å². The molecule has 2 saturated heterocycles. The zero-order valence-electron chi connectivity index (χ0n) is 32.0. The van der Waals surface area contributed by atoms with Gasteiger partial charge in [0.1, 0.15) is 0 Å². The van der Waals surface area contributed by atoms with Crippen LogP contribution in [0.15, 0.2) is 97.1 Å². The van der Waals surface area contributed by atoms with Crippen molar-refractivity contribution >= 4 is 46.8 Å². The van der Waals surface area contributed by atoms with Crippen molar-refractivity contribution in [1.82, 2.24) is 31.1 Å².